The first kappa shape index (κ1) is 23.1. The summed E-state index contributed by atoms with van der Waals surface area (Å²) in [7, 11) is 0. The Morgan fingerprint density at radius 3 is 2.61 bits per heavy atom. The van der Waals surface area contributed by atoms with Crippen molar-refractivity contribution < 1.29 is 23.5 Å². The molecule has 3 heterocycles. The van der Waals surface area contributed by atoms with Gasteiger partial charge in [-0.05, 0) is 51.1 Å². The maximum atomic E-state index is 12.6. The van der Waals surface area contributed by atoms with Crippen LogP contribution in [-0.4, -0.2) is 53.8 Å². The standard InChI is InChI=1S/C24H26ClN3O5/c1-24(2,3)33-23(30)27-14-18-11-17-10-16(12-19(25)21(17)32-18)20-5-4-15(13-26-20)22(29)28-6-8-31-9-7-28/h4-5,10-13H,6-9,14H2,1-3H3,(H,27,30). The average Bonchev–Trinajstić information content (AvgIpc) is 3.20. The molecule has 0 radical (unpaired) electrons. The minimum atomic E-state index is -0.578. The molecule has 0 spiro atoms. The third kappa shape index (κ3) is 5.64. The molecule has 1 fully saturated rings. The maximum absolute atomic E-state index is 12.6. The Hall–Kier alpha value is -3.10. The number of nitrogens with zero attached hydrogens (tertiary/aromatic N) is 2. The van der Waals surface area contributed by atoms with Crippen molar-refractivity contribution in [1.82, 2.24) is 15.2 Å². The predicted molar refractivity (Wildman–Crippen MR) is 124 cm³/mol. The first-order valence-corrected chi connectivity index (χ1v) is 11.1. The third-order valence-corrected chi connectivity index (χ3v) is 5.31. The molecule has 0 unspecified atom stereocenters. The smallest absolute Gasteiger partial charge is 0.408 e. The van der Waals surface area contributed by atoms with Gasteiger partial charge in [0, 0.05) is 30.2 Å². The number of nitrogens with one attached hydrogen (secondary N) is 1. The van der Waals surface area contributed by atoms with E-state index in [4.69, 9.17) is 25.5 Å². The van der Waals surface area contributed by atoms with Crippen LogP contribution in [0.2, 0.25) is 5.02 Å². The van der Waals surface area contributed by atoms with Gasteiger partial charge in [0.05, 0.1) is 36.0 Å². The summed E-state index contributed by atoms with van der Waals surface area (Å²) in [5.74, 6) is 0.497. The molecule has 1 N–H and O–H groups in total. The molecular weight excluding hydrogens is 446 g/mol. The van der Waals surface area contributed by atoms with Crippen molar-refractivity contribution in [2.24, 2.45) is 0 Å². The fourth-order valence-corrected chi connectivity index (χ4v) is 3.78. The number of alkyl carbamates (subject to hydrolysis) is 1. The van der Waals surface area contributed by atoms with Crippen LogP contribution in [0.15, 0.2) is 40.9 Å². The van der Waals surface area contributed by atoms with Gasteiger partial charge in [0.15, 0.2) is 5.58 Å². The van der Waals surface area contributed by atoms with Gasteiger partial charge in [0.1, 0.15) is 11.4 Å². The lowest BCUT2D eigenvalue weighted by Crippen LogP contribution is -2.40. The zero-order valence-corrected chi connectivity index (χ0v) is 19.6. The van der Waals surface area contributed by atoms with Gasteiger partial charge in [-0.1, -0.05) is 11.6 Å². The summed E-state index contributed by atoms with van der Waals surface area (Å²) < 4.78 is 16.3. The van der Waals surface area contributed by atoms with Gasteiger partial charge in [-0.25, -0.2) is 4.79 Å². The van der Waals surface area contributed by atoms with Crippen LogP contribution in [0.5, 0.6) is 0 Å². The Morgan fingerprint density at radius 2 is 1.94 bits per heavy atom. The van der Waals surface area contributed by atoms with Crippen molar-refractivity contribution in [2.45, 2.75) is 32.9 Å². The molecule has 0 aliphatic carbocycles. The van der Waals surface area contributed by atoms with Crippen molar-refractivity contribution in [1.29, 1.82) is 0 Å². The molecule has 3 aromatic rings. The second-order valence-electron chi connectivity index (χ2n) is 8.78. The number of fused-ring (bicyclic) bond motifs is 1. The second kappa shape index (κ2) is 9.41. The van der Waals surface area contributed by atoms with Gasteiger partial charge in [0.2, 0.25) is 0 Å². The lowest BCUT2D eigenvalue weighted by atomic mass is 10.1. The molecule has 0 saturated carbocycles. The van der Waals surface area contributed by atoms with E-state index in [-0.39, 0.29) is 12.5 Å². The molecule has 1 aliphatic heterocycles. The summed E-state index contributed by atoms with van der Waals surface area (Å²) in [4.78, 5) is 30.7. The number of furan rings is 1. The predicted octanol–water partition coefficient (Wildman–Crippen LogP) is 4.65. The molecule has 8 nitrogen and oxygen atoms in total. The number of benzene rings is 1. The van der Waals surface area contributed by atoms with E-state index in [0.29, 0.717) is 53.9 Å². The van der Waals surface area contributed by atoms with E-state index in [2.05, 4.69) is 10.3 Å². The summed E-state index contributed by atoms with van der Waals surface area (Å²) in [6, 6.07) is 9.07. The van der Waals surface area contributed by atoms with Crippen LogP contribution in [-0.2, 0) is 16.0 Å². The van der Waals surface area contributed by atoms with Crippen molar-refractivity contribution in [3.63, 3.8) is 0 Å². The lowest BCUT2D eigenvalue weighted by Gasteiger charge is -2.26. The van der Waals surface area contributed by atoms with E-state index < -0.39 is 11.7 Å². The van der Waals surface area contributed by atoms with Crippen LogP contribution in [0.4, 0.5) is 4.79 Å². The van der Waals surface area contributed by atoms with Crippen LogP contribution in [0.25, 0.3) is 22.2 Å². The number of hydrogen-bond acceptors (Lipinski definition) is 6. The van der Waals surface area contributed by atoms with Gasteiger partial charge in [-0.3, -0.25) is 9.78 Å². The Morgan fingerprint density at radius 1 is 1.18 bits per heavy atom. The Labute approximate surface area is 196 Å². The van der Waals surface area contributed by atoms with E-state index in [9.17, 15) is 9.59 Å². The minimum Gasteiger partial charge on any atom is -0.458 e. The molecule has 174 valence electrons. The van der Waals surface area contributed by atoms with Crippen molar-refractivity contribution in [2.75, 3.05) is 26.3 Å². The zero-order chi connectivity index (χ0) is 23.6. The van der Waals surface area contributed by atoms with Crippen LogP contribution >= 0.6 is 11.6 Å². The van der Waals surface area contributed by atoms with Gasteiger partial charge < -0.3 is 24.1 Å². The molecule has 1 aromatic carbocycles. The molecule has 0 bridgehead atoms. The van der Waals surface area contributed by atoms with Crippen molar-refractivity contribution >= 4 is 34.6 Å². The maximum Gasteiger partial charge on any atom is 0.408 e. The largest absolute Gasteiger partial charge is 0.458 e. The van der Waals surface area contributed by atoms with E-state index >= 15 is 0 Å². The number of amides is 2. The Kier molecular flexibility index (Phi) is 6.58. The highest BCUT2D eigenvalue weighted by Crippen LogP contribution is 2.32. The molecule has 33 heavy (non-hydrogen) atoms. The molecule has 9 heteroatoms. The van der Waals surface area contributed by atoms with Gasteiger partial charge >= 0.3 is 6.09 Å². The molecule has 2 aromatic heterocycles. The summed E-state index contributed by atoms with van der Waals surface area (Å²) in [5, 5.41) is 3.89. The first-order chi connectivity index (χ1) is 15.7. The molecule has 0 atom stereocenters. The lowest BCUT2D eigenvalue weighted by molar-refractivity contribution is 0.0302. The first-order valence-electron chi connectivity index (χ1n) is 10.7. The van der Waals surface area contributed by atoms with Gasteiger partial charge in [-0.15, -0.1) is 0 Å². The molecular formula is C24H26ClN3O5. The van der Waals surface area contributed by atoms with Crippen LogP contribution in [0.3, 0.4) is 0 Å². The van der Waals surface area contributed by atoms with Crippen LogP contribution in [0, 0.1) is 0 Å². The number of carbonyl (C=O) groups excluding carboxylic acids is 2. The Bertz CT molecular complexity index is 1160. The van der Waals surface area contributed by atoms with E-state index in [1.165, 1.54) is 0 Å². The molecule has 4 rings (SSSR count). The van der Waals surface area contributed by atoms with E-state index in [0.717, 1.165) is 10.9 Å². The highest BCUT2D eigenvalue weighted by molar-refractivity contribution is 6.35. The summed E-state index contributed by atoms with van der Waals surface area (Å²) in [6.45, 7) is 7.84. The Balaban J connectivity index is 1.49. The summed E-state index contributed by atoms with van der Waals surface area (Å²) in [5.41, 5.74) is 1.97. The summed E-state index contributed by atoms with van der Waals surface area (Å²) >= 11 is 6.45. The number of ether oxygens (including phenoxy) is 2. The highest BCUT2D eigenvalue weighted by Gasteiger charge is 2.20. The van der Waals surface area contributed by atoms with E-state index in [1.54, 1.807) is 50.1 Å². The number of morpholine rings is 1. The number of pyridine rings is 1. The van der Waals surface area contributed by atoms with Crippen LogP contribution in [0.1, 0.15) is 36.9 Å². The van der Waals surface area contributed by atoms with Crippen molar-refractivity contribution in [3.05, 3.63) is 52.9 Å². The van der Waals surface area contributed by atoms with Crippen molar-refractivity contribution in [3.8, 4) is 11.3 Å². The molecule has 2 amide bonds. The van der Waals surface area contributed by atoms with Gasteiger partial charge in [-0.2, -0.15) is 0 Å². The van der Waals surface area contributed by atoms with Crippen LogP contribution < -0.4 is 5.32 Å². The average molecular weight is 472 g/mol. The number of halogens is 1. The molecule has 1 aliphatic rings. The zero-order valence-electron chi connectivity index (χ0n) is 18.8. The second-order valence-corrected chi connectivity index (χ2v) is 9.19. The number of rotatable bonds is 4. The quantitative estimate of drug-likeness (QED) is 0.595. The minimum absolute atomic E-state index is 0.0530. The van der Waals surface area contributed by atoms with E-state index in [1.807, 2.05) is 12.1 Å². The number of hydrogen-bond donors (Lipinski definition) is 1. The number of carbonyl (C=O) groups is 2. The fourth-order valence-electron chi connectivity index (χ4n) is 3.51. The SMILES string of the molecule is CC(C)(C)OC(=O)NCc1cc2cc(-c3ccc(C(=O)N4CCOCC4)cn3)cc(Cl)c2o1. The van der Waals surface area contributed by atoms with Gasteiger partial charge in [0.25, 0.3) is 5.91 Å². The molecule has 1 saturated heterocycles. The monoisotopic (exact) mass is 471 g/mol. The topological polar surface area (TPSA) is 93.9 Å². The summed E-state index contributed by atoms with van der Waals surface area (Å²) in [6.07, 6.45) is 1.06. The fraction of sp³-hybridized carbons (Fsp3) is 0.375. The normalized spacial score (nSPS) is 14.4. The number of aromatic nitrogens is 1. The highest BCUT2D eigenvalue weighted by atomic mass is 35.5. The third-order valence-electron chi connectivity index (χ3n) is 5.03.